The number of aliphatic hydroxyl groups excluding tert-OH is 1. The van der Waals surface area contributed by atoms with E-state index in [2.05, 4.69) is 41.5 Å². The Morgan fingerprint density at radius 1 is 0.260 bits per heavy atom. The highest BCUT2D eigenvalue weighted by Gasteiger charge is 2.30. The van der Waals surface area contributed by atoms with Crippen molar-refractivity contribution >= 4 is 39.5 Å². The topological polar surface area (TPSA) is 237 Å². The number of esters is 4. The first-order chi connectivity index (χ1) is 50.4. The van der Waals surface area contributed by atoms with E-state index in [0.29, 0.717) is 25.7 Å². The summed E-state index contributed by atoms with van der Waals surface area (Å²) in [6.07, 6.45) is 68.2. The number of ether oxygens (including phenoxy) is 4. The van der Waals surface area contributed by atoms with Crippen LogP contribution in [-0.2, 0) is 65.4 Å². The molecule has 0 radical (unpaired) electrons. The summed E-state index contributed by atoms with van der Waals surface area (Å²) < 4.78 is 68.9. The number of aliphatic hydroxyl groups is 1. The SMILES string of the molecule is CCCCCCCCCCCCCCCCCCCCCCC(=O)O[C@H](COC(=O)CCCCCCCCCCCCCCCCCCCCC)COP(=O)(O)OC[C@@H](O)COP(=O)(O)OC[C@@H](COC(=O)CCCCCCCCCCC(C)C)OC(=O)CCCCCCCCCCCCCC(C)C. The number of rotatable bonds is 84. The van der Waals surface area contributed by atoms with Gasteiger partial charge in [0, 0.05) is 25.7 Å². The van der Waals surface area contributed by atoms with Crippen LogP contribution in [0, 0.1) is 11.8 Å². The van der Waals surface area contributed by atoms with E-state index in [1.54, 1.807) is 0 Å². The third kappa shape index (κ3) is 78.2. The minimum Gasteiger partial charge on any atom is -0.462 e. The quantitative estimate of drug-likeness (QED) is 0.0222. The van der Waals surface area contributed by atoms with Crippen molar-refractivity contribution in [2.75, 3.05) is 39.6 Å². The molecule has 5 atom stereocenters. The summed E-state index contributed by atoms with van der Waals surface area (Å²) >= 11 is 0. The summed E-state index contributed by atoms with van der Waals surface area (Å²) in [5, 5.41) is 10.7. The van der Waals surface area contributed by atoms with Gasteiger partial charge >= 0.3 is 39.5 Å². The zero-order valence-electron chi connectivity index (χ0n) is 68.3. The van der Waals surface area contributed by atoms with Crippen molar-refractivity contribution in [1.29, 1.82) is 0 Å². The number of hydrogen-bond acceptors (Lipinski definition) is 15. The number of carbonyl (C=O) groups is 4. The molecule has 0 amide bonds. The predicted molar refractivity (Wildman–Crippen MR) is 428 cm³/mol. The minimum atomic E-state index is -4.97. The van der Waals surface area contributed by atoms with Gasteiger partial charge in [0.2, 0.25) is 0 Å². The van der Waals surface area contributed by atoms with E-state index in [9.17, 15) is 43.2 Å². The van der Waals surface area contributed by atoms with Gasteiger partial charge in [-0.1, -0.05) is 401 Å². The van der Waals surface area contributed by atoms with Crippen LogP contribution in [0.1, 0.15) is 452 Å². The Bertz CT molecular complexity index is 1990. The summed E-state index contributed by atoms with van der Waals surface area (Å²) in [6, 6.07) is 0. The van der Waals surface area contributed by atoms with Crippen molar-refractivity contribution in [3.05, 3.63) is 0 Å². The van der Waals surface area contributed by atoms with Crippen molar-refractivity contribution in [2.24, 2.45) is 11.8 Å². The molecule has 0 saturated carbocycles. The fraction of sp³-hybridized carbons (Fsp3) is 0.953. The van der Waals surface area contributed by atoms with E-state index in [0.717, 1.165) is 102 Å². The first-order valence-electron chi connectivity index (χ1n) is 44.0. The van der Waals surface area contributed by atoms with Crippen LogP contribution in [0.15, 0.2) is 0 Å². The van der Waals surface area contributed by atoms with E-state index < -0.39 is 97.5 Å². The molecular weight excluding hydrogens is 1350 g/mol. The lowest BCUT2D eigenvalue weighted by atomic mass is 10.0. The van der Waals surface area contributed by atoms with Gasteiger partial charge in [0.1, 0.15) is 19.3 Å². The van der Waals surface area contributed by atoms with E-state index in [4.69, 9.17) is 37.0 Å². The van der Waals surface area contributed by atoms with Crippen molar-refractivity contribution in [3.63, 3.8) is 0 Å². The van der Waals surface area contributed by atoms with Crippen LogP contribution in [0.25, 0.3) is 0 Å². The predicted octanol–water partition coefficient (Wildman–Crippen LogP) is 25.8. The highest BCUT2D eigenvalue weighted by atomic mass is 31.2. The van der Waals surface area contributed by atoms with Crippen LogP contribution in [0.2, 0.25) is 0 Å². The molecule has 0 aliphatic heterocycles. The smallest absolute Gasteiger partial charge is 0.462 e. The maximum atomic E-state index is 13.1. The largest absolute Gasteiger partial charge is 0.472 e. The second-order valence-corrected chi connectivity index (χ2v) is 34.4. The molecule has 3 N–H and O–H groups in total. The standard InChI is InChI=1S/C85H166O17P2/c1-7-9-11-13-15-17-19-21-23-25-27-29-31-33-35-39-43-51-57-63-69-84(89)101-80(73-95-82(87)67-61-55-49-42-38-34-32-30-28-26-24-22-20-18-16-14-12-10-8-2)75-99-103(91,92)97-71-79(86)72-98-104(93,94)100-76-81(74-96-83(88)68-62-56-50-46-45-48-54-60-66-78(5)6)102-85(90)70-64-58-52-44-40-36-37-41-47-53-59-65-77(3)4/h77-81,86H,7-76H2,1-6H3,(H,91,92)(H,93,94)/t79-,80-,81-/m1/s1. The third-order valence-corrected chi connectivity index (χ3v) is 21.9. The summed E-state index contributed by atoms with van der Waals surface area (Å²) in [5.41, 5.74) is 0. The van der Waals surface area contributed by atoms with Gasteiger partial charge in [-0.2, -0.15) is 0 Å². The molecule has 0 heterocycles. The van der Waals surface area contributed by atoms with Gasteiger partial charge in [-0.25, -0.2) is 9.13 Å². The molecule has 0 rings (SSSR count). The summed E-state index contributed by atoms with van der Waals surface area (Å²) in [6.45, 7) is 9.63. The molecule has 0 bridgehead atoms. The van der Waals surface area contributed by atoms with E-state index >= 15 is 0 Å². The molecule has 17 nitrogen and oxygen atoms in total. The van der Waals surface area contributed by atoms with Gasteiger partial charge < -0.3 is 33.8 Å². The van der Waals surface area contributed by atoms with E-state index in [-0.39, 0.29) is 25.7 Å². The van der Waals surface area contributed by atoms with Gasteiger partial charge in [0.05, 0.1) is 26.4 Å². The van der Waals surface area contributed by atoms with Gasteiger partial charge in [-0.15, -0.1) is 0 Å². The molecular formula is C85H166O17P2. The van der Waals surface area contributed by atoms with Crippen molar-refractivity contribution < 1.29 is 80.2 Å². The molecule has 0 aromatic carbocycles. The Balaban J connectivity index is 5.24. The fourth-order valence-corrected chi connectivity index (χ4v) is 14.8. The number of hydrogen-bond donors (Lipinski definition) is 3. The Kier molecular flexibility index (Phi) is 75.0. The highest BCUT2D eigenvalue weighted by molar-refractivity contribution is 7.47. The zero-order valence-corrected chi connectivity index (χ0v) is 70.1. The lowest BCUT2D eigenvalue weighted by Gasteiger charge is -2.21. The van der Waals surface area contributed by atoms with Crippen molar-refractivity contribution in [1.82, 2.24) is 0 Å². The third-order valence-electron chi connectivity index (χ3n) is 20.0. The van der Waals surface area contributed by atoms with Crippen molar-refractivity contribution in [2.45, 2.75) is 471 Å². The molecule has 19 heteroatoms. The van der Waals surface area contributed by atoms with Crippen LogP contribution >= 0.6 is 15.6 Å². The second kappa shape index (κ2) is 76.4. The Hall–Kier alpha value is -1.94. The summed E-state index contributed by atoms with van der Waals surface area (Å²) in [5.74, 6) is -0.613. The first kappa shape index (κ1) is 102. The first-order valence-corrected chi connectivity index (χ1v) is 47.0. The molecule has 0 aromatic heterocycles. The highest BCUT2D eigenvalue weighted by Crippen LogP contribution is 2.45. The maximum Gasteiger partial charge on any atom is 0.472 e. The lowest BCUT2D eigenvalue weighted by Crippen LogP contribution is -2.30. The zero-order chi connectivity index (χ0) is 76.4. The molecule has 618 valence electrons. The van der Waals surface area contributed by atoms with Crippen LogP contribution in [0.5, 0.6) is 0 Å². The molecule has 0 fully saturated rings. The van der Waals surface area contributed by atoms with Crippen LogP contribution in [-0.4, -0.2) is 96.7 Å². The minimum absolute atomic E-state index is 0.106. The average molecular weight is 1520 g/mol. The monoisotopic (exact) mass is 1520 g/mol. The average Bonchev–Trinajstić information content (AvgIpc) is 0.922. The van der Waals surface area contributed by atoms with Gasteiger partial charge in [-0.05, 0) is 37.5 Å². The number of phosphoric ester groups is 2. The second-order valence-electron chi connectivity index (χ2n) is 31.5. The molecule has 0 aromatic rings. The Morgan fingerprint density at radius 2 is 0.442 bits per heavy atom. The van der Waals surface area contributed by atoms with Gasteiger partial charge in [0.25, 0.3) is 0 Å². The number of phosphoric acid groups is 2. The van der Waals surface area contributed by atoms with Crippen LogP contribution in [0.3, 0.4) is 0 Å². The van der Waals surface area contributed by atoms with Gasteiger partial charge in [0.15, 0.2) is 12.2 Å². The number of unbranched alkanes of at least 4 members (excludes halogenated alkanes) is 54. The molecule has 104 heavy (non-hydrogen) atoms. The van der Waals surface area contributed by atoms with Crippen molar-refractivity contribution in [3.8, 4) is 0 Å². The summed E-state index contributed by atoms with van der Waals surface area (Å²) in [7, 11) is -9.93. The molecule has 0 saturated heterocycles. The van der Waals surface area contributed by atoms with E-state index in [1.165, 1.54) is 270 Å². The molecule has 0 aliphatic rings. The summed E-state index contributed by atoms with van der Waals surface area (Å²) in [4.78, 5) is 73.2. The molecule has 0 aliphatic carbocycles. The maximum absolute atomic E-state index is 13.1. The molecule has 2 unspecified atom stereocenters. The fourth-order valence-electron chi connectivity index (χ4n) is 13.2. The molecule has 0 spiro atoms. The van der Waals surface area contributed by atoms with Gasteiger partial charge in [-0.3, -0.25) is 37.3 Å². The van der Waals surface area contributed by atoms with Crippen LogP contribution in [0.4, 0.5) is 0 Å². The number of carbonyl (C=O) groups excluding carboxylic acids is 4. The normalized spacial score (nSPS) is 13.8. The Morgan fingerprint density at radius 3 is 0.654 bits per heavy atom. The van der Waals surface area contributed by atoms with E-state index in [1.807, 2.05) is 0 Å². The van der Waals surface area contributed by atoms with Crippen LogP contribution < -0.4 is 0 Å². The lowest BCUT2D eigenvalue weighted by molar-refractivity contribution is -0.161. The Labute approximate surface area is 638 Å².